The Morgan fingerprint density at radius 2 is 2.12 bits per heavy atom. The first-order valence-corrected chi connectivity index (χ1v) is 9.49. The molecule has 0 unspecified atom stereocenters. The van der Waals surface area contributed by atoms with Crippen LogP contribution >= 0.6 is 11.3 Å². The van der Waals surface area contributed by atoms with Gasteiger partial charge in [-0.05, 0) is 19.4 Å². The number of rotatable bonds is 7. The van der Waals surface area contributed by atoms with Gasteiger partial charge in [0.05, 0.1) is 19.2 Å². The van der Waals surface area contributed by atoms with E-state index in [4.69, 9.17) is 10.5 Å². The molecule has 0 fully saturated rings. The van der Waals surface area contributed by atoms with Crippen molar-refractivity contribution in [1.82, 2.24) is 9.55 Å². The maximum Gasteiger partial charge on any atom is 0.251 e. The number of nitrogens with zero attached hydrogens (tertiary/aromatic N) is 2. The monoisotopic (exact) mass is 369 g/mol. The van der Waals surface area contributed by atoms with E-state index >= 15 is 0 Å². The Morgan fingerprint density at radius 3 is 2.73 bits per heavy atom. The van der Waals surface area contributed by atoms with Crippen molar-refractivity contribution in [2.45, 2.75) is 33.2 Å². The molecule has 0 spiro atoms. The zero-order valence-corrected chi connectivity index (χ0v) is 16.1. The zero-order valence-electron chi connectivity index (χ0n) is 15.3. The average molecular weight is 369 g/mol. The molecule has 1 aromatic carbocycles. The van der Waals surface area contributed by atoms with Gasteiger partial charge in [0.25, 0.3) is 5.91 Å². The molecule has 0 aliphatic carbocycles. The highest BCUT2D eigenvalue weighted by molar-refractivity contribution is 7.13. The maximum absolute atomic E-state index is 12.2. The van der Waals surface area contributed by atoms with Crippen LogP contribution in [0.25, 0.3) is 10.6 Å². The van der Waals surface area contributed by atoms with E-state index in [0.29, 0.717) is 12.1 Å². The highest BCUT2D eigenvalue weighted by atomic mass is 32.1. The van der Waals surface area contributed by atoms with Crippen LogP contribution in [0.1, 0.15) is 40.7 Å². The van der Waals surface area contributed by atoms with E-state index in [0.717, 1.165) is 46.1 Å². The second kappa shape index (κ2) is 7.74. The Hall–Kier alpha value is -2.60. The van der Waals surface area contributed by atoms with Gasteiger partial charge in [0, 0.05) is 34.1 Å². The third-order valence-corrected chi connectivity index (χ3v) is 5.32. The molecule has 0 bridgehead atoms. The number of carbonyl (C=O) groups is 1. The van der Waals surface area contributed by atoms with Crippen molar-refractivity contribution in [1.29, 1.82) is 0 Å². The molecule has 2 heterocycles. The Labute approximate surface area is 157 Å². The lowest BCUT2D eigenvalue weighted by molar-refractivity contribution is 0.1000. The number of amides is 1. The number of thiazole rings is 1. The number of carbonyl (C=O) groups excluding carboxylic acids is 1. The Bertz CT molecular complexity index is 914. The van der Waals surface area contributed by atoms with Gasteiger partial charge in [0.15, 0.2) is 0 Å². The third-order valence-electron chi connectivity index (χ3n) is 4.53. The van der Waals surface area contributed by atoms with Crippen LogP contribution in [-0.4, -0.2) is 22.6 Å². The van der Waals surface area contributed by atoms with Crippen molar-refractivity contribution in [3.8, 4) is 16.3 Å². The summed E-state index contributed by atoms with van der Waals surface area (Å²) in [4.78, 5) is 16.7. The fraction of sp³-hybridized carbons (Fsp3) is 0.300. The molecular formula is C20H23N3O2S. The predicted octanol–water partition coefficient (Wildman–Crippen LogP) is 4.03. The highest BCUT2D eigenvalue weighted by Crippen LogP contribution is 2.35. The number of ether oxygens (including phenoxy) is 1. The van der Waals surface area contributed by atoms with Crippen molar-refractivity contribution in [3.63, 3.8) is 0 Å². The number of benzene rings is 1. The molecule has 2 N–H and O–H groups in total. The van der Waals surface area contributed by atoms with Gasteiger partial charge in [0.1, 0.15) is 10.8 Å². The summed E-state index contributed by atoms with van der Waals surface area (Å²) >= 11 is 1.53. The molecule has 5 nitrogen and oxygen atoms in total. The first kappa shape index (κ1) is 18.2. The maximum atomic E-state index is 12.2. The van der Waals surface area contributed by atoms with E-state index in [2.05, 4.69) is 16.5 Å². The van der Waals surface area contributed by atoms with Gasteiger partial charge in [-0.3, -0.25) is 4.79 Å². The fourth-order valence-electron chi connectivity index (χ4n) is 3.39. The first-order valence-electron chi connectivity index (χ1n) is 8.62. The lowest BCUT2D eigenvalue weighted by Crippen LogP contribution is -2.13. The number of hydrogen-bond donors (Lipinski definition) is 1. The van der Waals surface area contributed by atoms with Crippen LogP contribution in [0.4, 0.5) is 0 Å². The average Bonchev–Trinajstić information content (AvgIpc) is 3.24. The predicted molar refractivity (Wildman–Crippen MR) is 105 cm³/mol. The van der Waals surface area contributed by atoms with Gasteiger partial charge < -0.3 is 15.0 Å². The molecule has 2 aromatic heterocycles. The van der Waals surface area contributed by atoms with Crippen molar-refractivity contribution in [2.24, 2.45) is 5.73 Å². The molecule has 6 heteroatoms. The minimum absolute atomic E-state index is 0.413. The molecular weight excluding hydrogens is 346 g/mol. The number of primary amides is 1. The van der Waals surface area contributed by atoms with E-state index in [1.807, 2.05) is 36.6 Å². The Balaban J connectivity index is 2.21. The van der Waals surface area contributed by atoms with Gasteiger partial charge in [-0.15, -0.1) is 11.3 Å². The zero-order chi connectivity index (χ0) is 18.7. The topological polar surface area (TPSA) is 70.1 Å². The van der Waals surface area contributed by atoms with Crippen LogP contribution in [0.2, 0.25) is 0 Å². The molecule has 1 amide bonds. The number of para-hydroxylation sites is 1. The number of nitrogens with two attached hydrogens (primary N) is 1. The van der Waals surface area contributed by atoms with Crippen LogP contribution in [0.15, 0.2) is 35.8 Å². The standard InChI is InChI=1S/C20H23N3O2S/c1-4-7-15-18(20-22-10-11-26-20)17(19(21)24)13(2)23(15)12-14-8-5-6-9-16(14)25-3/h5-6,8-11H,4,7,12H2,1-3H3,(H2,21,24). The molecule has 26 heavy (non-hydrogen) atoms. The van der Waals surface area contributed by atoms with Crippen LogP contribution < -0.4 is 10.5 Å². The van der Waals surface area contributed by atoms with Crippen LogP contribution in [0.3, 0.4) is 0 Å². The van der Waals surface area contributed by atoms with Gasteiger partial charge in [-0.1, -0.05) is 31.5 Å². The molecule has 0 radical (unpaired) electrons. The second-order valence-electron chi connectivity index (χ2n) is 6.13. The summed E-state index contributed by atoms with van der Waals surface area (Å²) in [5.74, 6) is 0.420. The number of hydrogen-bond acceptors (Lipinski definition) is 4. The van der Waals surface area contributed by atoms with Crippen molar-refractivity contribution in [2.75, 3.05) is 7.11 Å². The summed E-state index contributed by atoms with van der Waals surface area (Å²) in [5.41, 5.74) is 10.2. The van der Waals surface area contributed by atoms with Crippen LogP contribution in [-0.2, 0) is 13.0 Å². The van der Waals surface area contributed by atoms with Crippen molar-refractivity contribution >= 4 is 17.2 Å². The SMILES string of the molecule is CCCc1c(-c2nccs2)c(C(N)=O)c(C)n1Cc1ccccc1OC. The van der Waals surface area contributed by atoms with Gasteiger partial charge in [-0.25, -0.2) is 4.98 Å². The van der Waals surface area contributed by atoms with E-state index in [9.17, 15) is 4.79 Å². The Kier molecular flexibility index (Phi) is 5.42. The first-order chi connectivity index (χ1) is 12.6. The van der Waals surface area contributed by atoms with Crippen molar-refractivity contribution < 1.29 is 9.53 Å². The molecule has 3 aromatic rings. The van der Waals surface area contributed by atoms with Gasteiger partial charge in [-0.2, -0.15) is 0 Å². The molecule has 136 valence electrons. The van der Waals surface area contributed by atoms with E-state index in [1.54, 1.807) is 13.3 Å². The van der Waals surface area contributed by atoms with E-state index in [-0.39, 0.29) is 0 Å². The summed E-state index contributed by atoms with van der Waals surface area (Å²) in [6, 6.07) is 7.94. The van der Waals surface area contributed by atoms with Gasteiger partial charge in [0.2, 0.25) is 0 Å². The summed E-state index contributed by atoms with van der Waals surface area (Å²) in [6.07, 6.45) is 3.57. The number of aromatic nitrogens is 2. The van der Waals surface area contributed by atoms with Gasteiger partial charge >= 0.3 is 0 Å². The lowest BCUT2D eigenvalue weighted by atomic mass is 10.1. The minimum Gasteiger partial charge on any atom is -0.496 e. The van der Waals surface area contributed by atoms with Crippen molar-refractivity contribution in [3.05, 3.63) is 58.4 Å². The minimum atomic E-state index is -0.413. The molecule has 0 saturated carbocycles. The lowest BCUT2D eigenvalue weighted by Gasteiger charge is -2.14. The number of methoxy groups -OCH3 is 1. The molecule has 3 rings (SSSR count). The summed E-state index contributed by atoms with van der Waals surface area (Å²) in [5, 5.41) is 2.76. The molecule has 0 saturated heterocycles. The quantitative estimate of drug-likeness (QED) is 0.683. The third kappa shape index (κ3) is 3.24. The Morgan fingerprint density at radius 1 is 1.35 bits per heavy atom. The highest BCUT2D eigenvalue weighted by Gasteiger charge is 2.26. The largest absolute Gasteiger partial charge is 0.496 e. The summed E-state index contributed by atoms with van der Waals surface area (Å²) < 4.78 is 7.68. The van der Waals surface area contributed by atoms with Crippen LogP contribution in [0, 0.1) is 6.92 Å². The second-order valence-corrected chi connectivity index (χ2v) is 7.03. The molecule has 0 atom stereocenters. The molecule has 0 aliphatic heterocycles. The van der Waals surface area contributed by atoms with Crippen LogP contribution in [0.5, 0.6) is 5.75 Å². The smallest absolute Gasteiger partial charge is 0.251 e. The normalized spacial score (nSPS) is 10.9. The summed E-state index contributed by atoms with van der Waals surface area (Å²) in [6.45, 7) is 4.70. The summed E-state index contributed by atoms with van der Waals surface area (Å²) in [7, 11) is 1.67. The van der Waals surface area contributed by atoms with E-state index < -0.39 is 5.91 Å². The van der Waals surface area contributed by atoms with E-state index in [1.165, 1.54) is 11.3 Å². The molecule has 0 aliphatic rings. The fourth-order valence-corrected chi connectivity index (χ4v) is 4.10.